The Morgan fingerprint density at radius 2 is 0.800 bits per heavy atom. The molecule has 1 aliphatic heterocycles. The van der Waals surface area contributed by atoms with Gasteiger partial charge in [-0.1, -0.05) is 269 Å². The molecule has 0 aromatic rings. The van der Waals surface area contributed by atoms with Crippen LogP contribution < -0.4 is 5.32 Å². The molecule has 9 unspecified atom stereocenters. The quantitative estimate of drug-likeness (QED) is 0.0215. The van der Waals surface area contributed by atoms with Gasteiger partial charge in [-0.15, -0.1) is 0 Å². The van der Waals surface area contributed by atoms with E-state index in [1.165, 1.54) is 205 Å². The number of hydrogen-bond donors (Lipinski definition) is 8. The molecule has 0 aromatic heterocycles. The molecule has 0 saturated carbocycles. The minimum Gasteiger partial charge on any atom is -0.394 e. The van der Waals surface area contributed by atoms with Crippen LogP contribution >= 0.6 is 0 Å². The normalized spacial score (nSPS) is 19.9. The summed E-state index contributed by atoms with van der Waals surface area (Å²) in [6, 6.07) is -1.19. The van der Waals surface area contributed by atoms with Crippen molar-refractivity contribution in [2.45, 2.75) is 351 Å². The second-order valence-corrected chi connectivity index (χ2v) is 22.5. The van der Waals surface area contributed by atoms with Crippen molar-refractivity contribution in [3.63, 3.8) is 0 Å². The maximum Gasteiger partial charge on any atom is 0.249 e. The number of amides is 1. The van der Waals surface area contributed by atoms with E-state index >= 15 is 0 Å². The smallest absolute Gasteiger partial charge is 0.249 e. The van der Waals surface area contributed by atoms with Gasteiger partial charge in [0.05, 0.1) is 25.4 Å². The summed E-state index contributed by atoms with van der Waals surface area (Å²) in [6.45, 7) is 3.45. The van der Waals surface area contributed by atoms with Crippen molar-refractivity contribution < 1.29 is 50.0 Å². The maximum atomic E-state index is 13.2. The van der Waals surface area contributed by atoms with E-state index in [2.05, 4.69) is 55.6 Å². The van der Waals surface area contributed by atoms with E-state index in [4.69, 9.17) is 9.47 Å². The van der Waals surface area contributed by atoms with E-state index in [-0.39, 0.29) is 12.8 Å². The second kappa shape index (κ2) is 53.0. The number of unbranched alkanes of at least 4 members (excludes halogenated alkanes) is 37. The molecule has 1 heterocycles. The van der Waals surface area contributed by atoms with Crippen LogP contribution in [0, 0.1) is 0 Å². The van der Waals surface area contributed by atoms with Crippen LogP contribution in [-0.4, -0.2) is 110 Å². The Labute approximate surface area is 460 Å². The van der Waals surface area contributed by atoms with Gasteiger partial charge in [0.25, 0.3) is 0 Å². The van der Waals surface area contributed by atoms with Crippen molar-refractivity contribution in [2.24, 2.45) is 0 Å². The lowest BCUT2D eigenvalue weighted by atomic mass is 9.98. The van der Waals surface area contributed by atoms with Gasteiger partial charge >= 0.3 is 0 Å². The Kier molecular flexibility index (Phi) is 50.4. The van der Waals surface area contributed by atoms with Crippen LogP contribution in [0.15, 0.2) is 36.5 Å². The average Bonchev–Trinajstić information content (AvgIpc) is 3.41. The standard InChI is InChI=1S/C64H121NO10/c1-3-5-7-9-11-13-15-17-19-21-23-24-25-26-27-28-29-30-31-32-33-34-36-38-40-42-44-46-48-50-52-57(68)63(73)65-55(54-74-64-62(72)61(71)60(70)58(53-66)75-64)59(69)56(67)51-49-47-45-43-41-39-37-35-22-20-18-16-14-12-10-8-6-4-2/h16,18,35,37,43,45,55-62,64,66-72H,3-15,17,19-34,36,38-42,44,46-54H2,1-2H3,(H,65,73)/b18-16+,37-35+,45-43+. The number of nitrogens with one attached hydrogen (secondary N) is 1. The zero-order valence-electron chi connectivity index (χ0n) is 48.5. The van der Waals surface area contributed by atoms with Crippen molar-refractivity contribution in [1.82, 2.24) is 5.32 Å². The lowest BCUT2D eigenvalue weighted by Crippen LogP contribution is -2.60. The molecule has 0 bridgehead atoms. The molecule has 0 radical (unpaired) electrons. The molecular weight excluding hydrogens is 943 g/mol. The topological polar surface area (TPSA) is 189 Å². The molecular formula is C64H121NO10. The minimum atomic E-state index is -1.67. The molecule has 0 spiro atoms. The van der Waals surface area contributed by atoms with Crippen molar-refractivity contribution in [1.29, 1.82) is 0 Å². The number of ether oxygens (including phenoxy) is 2. The number of rotatable bonds is 55. The summed E-state index contributed by atoms with van der Waals surface area (Å²) in [4.78, 5) is 13.2. The molecule has 0 aliphatic carbocycles. The SMILES string of the molecule is CCCCCCC/C=C/CC/C=C/CC/C=C/CCCC(O)C(O)C(COC1OC(CO)C(O)C(O)C1O)NC(=O)C(O)CCCCCCCCCCCCCCCCCCCCCCCCCCCCCCCC. The Hall–Kier alpha value is -1.67. The summed E-state index contributed by atoms with van der Waals surface area (Å²) in [5.41, 5.74) is 0. The van der Waals surface area contributed by atoms with Gasteiger partial charge in [-0.25, -0.2) is 0 Å². The van der Waals surface area contributed by atoms with Crippen LogP contribution in [0.4, 0.5) is 0 Å². The third kappa shape index (κ3) is 41.1. The van der Waals surface area contributed by atoms with Crippen LogP contribution in [0.5, 0.6) is 0 Å². The first kappa shape index (κ1) is 71.3. The lowest BCUT2D eigenvalue weighted by molar-refractivity contribution is -0.303. The zero-order valence-corrected chi connectivity index (χ0v) is 48.5. The fourth-order valence-electron chi connectivity index (χ4n) is 10.2. The molecule has 1 saturated heterocycles. The predicted octanol–water partition coefficient (Wildman–Crippen LogP) is 14.2. The highest BCUT2D eigenvalue weighted by atomic mass is 16.7. The number of carbonyl (C=O) groups is 1. The fourth-order valence-corrected chi connectivity index (χ4v) is 10.2. The van der Waals surface area contributed by atoms with E-state index in [1.54, 1.807) is 0 Å². The summed E-state index contributed by atoms with van der Waals surface area (Å²) < 4.78 is 11.1. The first-order valence-electron chi connectivity index (χ1n) is 31.9. The second-order valence-electron chi connectivity index (χ2n) is 22.5. The van der Waals surface area contributed by atoms with Crippen molar-refractivity contribution >= 4 is 5.91 Å². The number of aliphatic hydroxyl groups excluding tert-OH is 7. The largest absolute Gasteiger partial charge is 0.394 e. The maximum absolute atomic E-state index is 13.2. The van der Waals surface area contributed by atoms with E-state index in [1.807, 2.05) is 0 Å². The molecule has 11 nitrogen and oxygen atoms in total. The van der Waals surface area contributed by atoms with Crippen LogP contribution in [0.25, 0.3) is 0 Å². The van der Waals surface area contributed by atoms with Crippen LogP contribution in [0.2, 0.25) is 0 Å². The third-order valence-corrected chi connectivity index (χ3v) is 15.4. The minimum absolute atomic E-state index is 0.242. The molecule has 1 aliphatic rings. The number of carbonyl (C=O) groups excluding carboxylic acids is 1. The molecule has 1 amide bonds. The monoisotopic (exact) mass is 1060 g/mol. The molecule has 11 heteroatoms. The van der Waals surface area contributed by atoms with Crippen LogP contribution in [0.3, 0.4) is 0 Å². The van der Waals surface area contributed by atoms with E-state index in [0.29, 0.717) is 19.3 Å². The summed E-state index contributed by atoms with van der Waals surface area (Å²) >= 11 is 0. The Bertz CT molecular complexity index is 1310. The molecule has 9 atom stereocenters. The number of aliphatic hydroxyl groups is 7. The van der Waals surface area contributed by atoms with Gasteiger partial charge in [0.1, 0.15) is 36.6 Å². The predicted molar refractivity (Wildman–Crippen MR) is 312 cm³/mol. The van der Waals surface area contributed by atoms with Gasteiger partial charge in [-0.3, -0.25) is 4.79 Å². The van der Waals surface area contributed by atoms with Gasteiger partial charge in [-0.05, 0) is 64.2 Å². The van der Waals surface area contributed by atoms with Gasteiger partial charge in [0.2, 0.25) is 5.91 Å². The number of allylic oxidation sites excluding steroid dienone is 6. The van der Waals surface area contributed by atoms with E-state index in [9.17, 15) is 40.5 Å². The molecule has 1 rings (SSSR count). The first-order chi connectivity index (χ1) is 36.7. The van der Waals surface area contributed by atoms with Gasteiger partial charge in [-0.2, -0.15) is 0 Å². The summed E-state index contributed by atoms with van der Waals surface area (Å²) in [5.74, 6) is -0.708. The summed E-state index contributed by atoms with van der Waals surface area (Å²) in [5, 5.41) is 76.2. The molecule has 442 valence electrons. The summed E-state index contributed by atoms with van der Waals surface area (Å²) in [7, 11) is 0. The van der Waals surface area contributed by atoms with Crippen LogP contribution in [0.1, 0.15) is 296 Å². The first-order valence-corrected chi connectivity index (χ1v) is 31.9. The van der Waals surface area contributed by atoms with Crippen molar-refractivity contribution in [2.75, 3.05) is 13.2 Å². The highest BCUT2D eigenvalue weighted by Gasteiger charge is 2.44. The van der Waals surface area contributed by atoms with E-state index < -0.39 is 74.2 Å². The number of hydrogen-bond acceptors (Lipinski definition) is 10. The Balaban J connectivity index is 2.23. The molecule has 1 fully saturated rings. The Morgan fingerprint density at radius 3 is 1.19 bits per heavy atom. The highest BCUT2D eigenvalue weighted by Crippen LogP contribution is 2.24. The average molecular weight is 1060 g/mol. The molecule has 0 aromatic carbocycles. The van der Waals surface area contributed by atoms with Gasteiger partial charge in [0.15, 0.2) is 6.29 Å². The van der Waals surface area contributed by atoms with Crippen LogP contribution in [-0.2, 0) is 14.3 Å². The Morgan fingerprint density at radius 1 is 0.453 bits per heavy atom. The zero-order chi connectivity index (χ0) is 54.7. The van der Waals surface area contributed by atoms with Gasteiger partial charge < -0.3 is 50.5 Å². The van der Waals surface area contributed by atoms with E-state index in [0.717, 1.165) is 44.9 Å². The third-order valence-electron chi connectivity index (χ3n) is 15.4. The fraction of sp³-hybridized carbons (Fsp3) is 0.891. The van der Waals surface area contributed by atoms with Crippen molar-refractivity contribution in [3.8, 4) is 0 Å². The lowest BCUT2D eigenvalue weighted by Gasteiger charge is -2.40. The summed E-state index contributed by atoms with van der Waals surface area (Å²) in [6.07, 6.45) is 55.1. The molecule has 75 heavy (non-hydrogen) atoms. The molecule has 8 N–H and O–H groups in total. The van der Waals surface area contributed by atoms with Crippen molar-refractivity contribution in [3.05, 3.63) is 36.5 Å². The highest BCUT2D eigenvalue weighted by molar-refractivity contribution is 5.80. The van der Waals surface area contributed by atoms with Gasteiger partial charge in [0, 0.05) is 0 Å².